The molecule has 29 heavy (non-hydrogen) atoms. The van der Waals surface area contributed by atoms with Gasteiger partial charge in [-0.3, -0.25) is 4.79 Å². The van der Waals surface area contributed by atoms with Crippen LogP contribution in [0.3, 0.4) is 0 Å². The van der Waals surface area contributed by atoms with E-state index in [1.165, 1.54) is 32.3 Å². The first-order valence-electron chi connectivity index (χ1n) is 9.39. The molecule has 0 heterocycles. The van der Waals surface area contributed by atoms with Crippen molar-refractivity contribution in [3.63, 3.8) is 0 Å². The second-order valence-corrected chi connectivity index (χ2v) is 9.19. The number of aryl methyl sites for hydroxylation is 2. The van der Waals surface area contributed by atoms with Gasteiger partial charge in [-0.1, -0.05) is 37.3 Å². The average molecular weight is 422 g/mol. The number of hydrogen-bond acceptors (Lipinski definition) is 3. The quantitative estimate of drug-likeness (QED) is 0.711. The van der Waals surface area contributed by atoms with Gasteiger partial charge in [-0.25, -0.2) is 8.70 Å². The fourth-order valence-electron chi connectivity index (χ4n) is 2.92. The Bertz CT molecular complexity index is 977. The van der Waals surface area contributed by atoms with E-state index in [0.717, 1.165) is 31.4 Å². The van der Waals surface area contributed by atoms with Crippen LogP contribution in [-0.4, -0.2) is 39.3 Å². The Balaban J connectivity index is 2.29. The monoisotopic (exact) mass is 421 g/mol. The first-order chi connectivity index (χ1) is 13.6. The highest BCUT2D eigenvalue weighted by molar-refractivity contribution is 7.90. The molecule has 0 spiro atoms. The highest BCUT2D eigenvalue weighted by Gasteiger charge is 2.29. The lowest BCUT2D eigenvalue weighted by Gasteiger charge is -2.28. The van der Waals surface area contributed by atoms with Crippen LogP contribution in [-0.2, 0) is 15.0 Å². The minimum absolute atomic E-state index is 0.171. The second kappa shape index (κ2) is 9.37. The van der Waals surface area contributed by atoms with Crippen LogP contribution < -0.4 is 9.62 Å². The third-order valence-corrected chi connectivity index (χ3v) is 6.63. The molecule has 1 amide bonds. The summed E-state index contributed by atoms with van der Waals surface area (Å²) < 4.78 is 41.5. The summed E-state index contributed by atoms with van der Waals surface area (Å²) in [5, 5.41) is 2.87. The van der Waals surface area contributed by atoms with Crippen molar-refractivity contribution in [2.24, 2.45) is 0 Å². The zero-order valence-corrected chi connectivity index (χ0v) is 18.3. The SMILES string of the molecule is CC[C@H](NC(=O)CN(c1ccccc1F)S(=O)(=O)N(C)C)c1ccc(C)c(C)c1. The van der Waals surface area contributed by atoms with Gasteiger partial charge in [0.25, 0.3) is 0 Å². The number of nitrogens with one attached hydrogen (secondary N) is 1. The van der Waals surface area contributed by atoms with E-state index in [9.17, 15) is 17.6 Å². The predicted molar refractivity (Wildman–Crippen MR) is 113 cm³/mol. The first kappa shape index (κ1) is 22.8. The van der Waals surface area contributed by atoms with Crippen LogP contribution in [0.15, 0.2) is 42.5 Å². The maximum Gasteiger partial charge on any atom is 0.304 e. The van der Waals surface area contributed by atoms with Gasteiger partial charge in [-0.05, 0) is 49.1 Å². The molecule has 2 aromatic rings. The van der Waals surface area contributed by atoms with Crippen LogP contribution >= 0.6 is 0 Å². The largest absolute Gasteiger partial charge is 0.348 e. The van der Waals surface area contributed by atoms with E-state index < -0.39 is 28.5 Å². The standard InChI is InChI=1S/C21H28FN3O3S/c1-6-19(17-12-11-15(2)16(3)13-17)23-21(26)14-25(29(27,28)24(4)5)20-10-8-7-9-18(20)22/h7-13,19H,6,14H2,1-5H3,(H,23,26)/t19-/m0/s1. The van der Waals surface area contributed by atoms with E-state index in [2.05, 4.69) is 5.32 Å². The number of hydrogen-bond donors (Lipinski definition) is 1. The van der Waals surface area contributed by atoms with Gasteiger partial charge in [0.2, 0.25) is 5.91 Å². The molecule has 0 radical (unpaired) electrons. The van der Waals surface area contributed by atoms with Gasteiger partial charge >= 0.3 is 10.2 Å². The summed E-state index contributed by atoms with van der Waals surface area (Å²) in [6.45, 7) is 5.42. The molecule has 0 aromatic heterocycles. The molecule has 0 aliphatic carbocycles. The molecule has 2 aromatic carbocycles. The van der Waals surface area contributed by atoms with E-state index in [1.54, 1.807) is 0 Å². The van der Waals surface area contributed by atoms with Gasteiger partial charge in [0, 0.05) is 14.1 Å². The summed E-state index contributed by atoms with van der Waals surface area (Å²) in [6.07, 6.45) is 0.633. The van der Waals surface area contributed by atoms with E-state index in [1.807, 2.05) is 39.0 Å². The van der Waals surface area contributed by atoms with Crippen molar-refractivity contribution in [3.8, 4) is 0 Å². The summed E-state index contributed by atoms with van der Waals surface area (Å²) in [7, 11) is -1.39. The number of halogens is 1. The molecule has 2 rings (SSSR count). The fraction of sp³-hybridized carbons (Fsp3) is 0.381. The third kappa shape index (κ3) is 5.33. The summed E-state index contributed by atoms with van der Waals surface area (Å²) in [6, 6.07) is 11.2. The number of rotatable bonds is 8. The van der Waals surface area contributed by atoms with Crippen LogP contribution in [0.5, 0.6) is 0 Å². The normalized spacial score (nSPS) is 12.7. The van der Waals surface area contributed by atoms with Gasteiger partial charge in [0.1, 0.15) is 12.4 Å². The number of amides is 1. The second-order valence-electron chi connectivity index (χ2n) is 7.12. The fourth-order valence-corrected chi connectivity index (χ4v) is 3.99. The van der Waals surface area contributed by atoms with Crippen molar-refractivity contribution in [2.75, 3.05) is 24.9 Å². The molecule has 0 aliphatic heterocycles. The van der Waals surface area contributed by atoms with Gasteiger partial charge in [0.15, 0.2) is 0 Å². The highest BCUT2D eigenvalue weighted by atomic mass is 32.2. The van der Waals surface area contributed by atoms with Gasteiger partial charge in [-0.2, -0.15) is 12.7 Å². The molecule has 8 heteroatoms. The molecule has 1 atom stereocenters. The summed E-state index contributed by atoms with van der Waals surface area (Å²) >= 11 is 0. The number of anilines is 1. The molecule has 0 bridgehead atoms. The zero-order chi connectivity index (χ0) is 21.8. The van der Waals surface area contributed by atoms with Gasteiger partial charge in [0.05, 0.1) is 11.7 Å². The summed E-state index contributed by atoms with van der Waals surface area (Å²) in [4.78, 5) is 12.7. The Morgan fingerprint density at radius 2 is 1.76 bits per heavy atom. The topological polar surface area (TPSA) is 69.7 Å². The summed E-state index contributed by atoms with van der Waals surface area (Å²) in [5.41, 5.74) is 3.03. The van der Waals surface area contributed by atoms with E-state index in [4.69, 9.17) is 0 Å². The Hall–Kier alpha value is -2.45. The molecular formula is C21H28FN3O3S. The number of benzene rings is 2. The molecule has 1 N–H and O–H groups in total. The average Bonchev–Trinajstić information content (AvgIpc) is 2.67. The minimum Gasteiger partial charge on any atom is -0.348 e. The maximum absolute atomic E-state index is 14.3. The van der Waals surface area contributed by atoms with Crippen molar-refractivity contribution in [3.05, 3.63) is 65.0 Å². The van der Waals surface area contributed by atoms with Crippen LogP contribution in [0.2, 0.25) is 0 Å². The van der Waals surface area contributed by atoms with Gasteiger partial charge in [-0.15, -0.1) is 0 Å². The Labute approximate surface area is 172 Å². The van der Waals surface area contributed by atoms with Crippen LogP contribution in [0.25, 0.3) is 0 Å². The Morgan fingerprint density at radius 3 is 2.31 bits per heavy atom. The van der Waals surface area contributed by atoms with Crippen molar-refractivity contribution >= 4 is 21.8 Å². The Kier molecular flexibility index (Phi) is 7.37. The van der Waals surface area contributed by atoms with E-state index in [0.29, 0.717) is 6.42 Å². The van der Waals surface area contributed by atoms with Crippen molar-refractivity contribution in [2.45, 2.75) is 33.2 Å². The summed E-state index contributed by atoms with van der Waals surface area (Å²) in [5.74, 6) is -1.23. The first-order valence-corrected chi connectivity index (χ1v) is 10.8. The predicted octanol–water partition coefficient (Wildman–Crippen LogP) is 3.32. The number of para-hydroxylation sites is 1. The number of carbonyl (C=O) groups is 1. The molecule has 6 nitrogen and oxygen atoms in total. The molecule has 0 saturated carbocycles. The number of carbonyl (C=O) groups excluding carboxylic acids is 1. The lowest BCUT2D eigenvalue weighted by Crippen LogP contribution is -2.46. The third-order valence-electron chi connectivity index (χ3n) is 4.83. The molecule has 0 unspecified atom stereocenters. The molecule has 0 aliphatic rings. The Morgan fingerprint density at radius 1 is 1.10 bits per heavy atom. The number of nitrogens with zero attached hydrogens (tertiary/aromatic N) is 2. The molecular weight excluding hydrogens is 393 g/mol. The van der Waals surface area contributed by atoms with E-state index >= 15 is 0 Å². The zero-order valence-electron chi connectivity index (χ0n) is 17.4. The maximum atomic E-state index is 14.3. The molecule has 0 saturated heterocycles. The minimum atomic E-state index is -4.06. The van der Waals surface area contributed by atoms with Crippen molar-refractivity contribution < 1.29 is 17.6 Å². The molecule has 0 fully saturated rings. The molecule has 158 valence electrons. The van der Waals surface area contributed by atoms with Crippen LogP contribution in [0, 0.1) is 19.7 Å². The highest BCUT2D eigenvalue weighted by Crippen LogP contribution is 2.24. The van der Waals surface area contributed by atoms with Crippen LogP contribution in [0.4, 0.5) is 10.1 Å². The lowest BCUT2D eigenvalue weighted by atomic mass is 9.99. The van der Waals surface area contributed by atoms with E-state index in [-0.39, 0.29) is 11.7 Å². The van der Waals surface area contributed by atoms with Crippen molar-refractivity contribution in [1.29, 1.82) is 0 Å². The smallest absolute Gasteiger partial charge is 0.304 e. The lowest BCUT2D eigenvalue weighted by molar-refractivity contribution is -0.120. The van der Waals surface area contributed by atoms with Crippen LogP contribution in [0.1, 0.15) is 36.1 Å². The van der Waals surface area contributed by atoms with Gasteiger partial charge < -0.3 is 5.32 Å². The van der Waals surface area contributed by atoms with Crippen molar-refractivity contribution in [1.82, 2.24) is 9.62 Å².